The van der Waals surface area contributed by atoms with Crippen LogP contribution in [0, 0.1) is 0 Å². The second kappa shape index (κ2) is 5.07. The molecule has 1 amide bonds. The van der Waals surface area contributed by atoms with E-state index in [1.807, 2.05) is 0 Å². The van der Waals surface area contributed by atoms with Crippen LogP contribution < -0.4 is 0 Å². The minimum absolute atomic E-state index is 0.0243. The molecule has 1 saturated heterocycles. The third-order valence-electron chi connectivity index (χ3n) is 2.62. The van der Waals surface area contributed by atoms with E-state index in [4.69, 9.17) is 16.7 Å². The van der Waals surface area contributed by atoms with E-state index in [2.05, 4.69) is 0 Å². The van der Waals surface area contributed by atoms with Crippen molar-refractivity contribution in [3.63, 3.8) is 0 Å². The summed E-state index contributed by atoms with van der Waals surface area (Å²) in [5.41, 5.74) is 0.0243. The molecule has 0 radical (unpaired) electrons. The fourth-order valence-electron chi connectivity index (χ4n) is 1.68. The molecular formula is C11H10ClNO4S. The molecule has 1 fully saturated rings. The lowest BCUT2D eigenvalue weighted by Gasteiger charge is -2.20. The molecule has 1 aromatic carbocycles. The quantitative estimate of drug-likeness (QED) is 0.865. The molecule has 1 aliphatic heterocycles. The van der Waals surface area contributed by atoms with Crippen LogP contribution in [0.4, 0.5) is 0 Å². The van der Waals surface area contributed by atoms with Crippen LogP contribution in [0.25, 0.3) is 0 Å². The first-order valence-electron chi connectivity index (χ1n) is 5.10. The van der Waals surface area contributed by atoms with E-state index in [9.17, 15) is 14.7 Å². The van der Waals surface area contributed by atoms with Crippen LogP contribution in [-0.2, 0) is 4.79 Å². The standard InChI is InChI=1S/C11H10ClNO4S/c12-6-1-2-9(14)7(3-6)10(15)13-5-18-4-8(13)11(16)17/h1-3,8,14H,4-5H2,(H,16,17)/t8-/m0/s1. The number of aromatic hydroxyl groups is 1. The van der Waals surface area contributed by atoms with Crippen molar-refractivity contribution in [3.8, 4) is 5.75 Å². The minimum atomic E-state index is -1.05. The summed E-state index contributed by atoms with van der Waals surface area (Å²) >= 11 is 7.12. The molecule has 5 nitrogen and oxygen atoms in total. The number of hydrogen-bond donors (Lipinski definition) is 2. The fourth-order valence-corrected chi connectivity index (χ4v) is 3.00. The minimum Gasteiger partial charge on any atom is -0.507 e. The Hall–Kier alpha value is -1.40. The van der Waals surface area contributed by atoms with E-state index in [1.54, 1.807) is 0 Å². The molecule has 96 valence electrons. The third-order valence-corrected chi connectivity index (χ3v) is 3.86. The van der Waals surface area contributed by atoms with Gasteiger partial charge in [-0.1, -0.05) is 11.6 Å². The summed E-state index contributed by atoms with van der Waals surface area (Å²) in [5, 5.41) is 19.0. The van der Waals surface area contributed by atoms with Gasteiger partial charge in [0.25, 0.3) is 5.91 Å². The number of rotatable bonds is 2. The van der Waals surface area contributed by atoms with Crippen molar-refractivity contribution in [2.45, 2.75) is 6.04 Å². The second-order valence-corrected chi connectivity index (χ2v) is 5.23. The summed E-state index contributed by atoms with van der Waals surface area (Å²) in [5.74, 6) is -1.13. The number of halogens is 1. The number of phenols is 1. The maximum absolute atomic E-state index is 12.2. The Morgan fingerprint density at radius 2 is 2.17 bits per heavy atom. The zero-order chi connectivity index (χ0) is 13.3. The zero-order valence-electron chi connectivity index (χ0n) is 9.17. The summed E-state index contributed by atoms with van der Waals surface area (Å²) < 4.78 is 0. The van der Waals surface area contributed by atoms with E-state index in [1.165, 1.54) is 34.9 Å². The number of benzene rings is 1. The molecule has 0 aromatic heterocycles. The fraction of sp³-hybridized carbons (Fsp3) is 0.273. The van der Waals surface area contributed by atoms with Gasteiger partial charge in [-0.05, 0) is 18.2 Å². The topological polar surface area (TPSA) is 77.8 Å². The van der Waals surface area contributed by atoms with Gasteiger partial charge in [-0.25, -0.2) is 4.79 Å². The van der Waals surface area contributed by atoms with E-state index in [-0.39, 0.29) is 11.3 Å². The summed E-state index contributed by atoms with van der Waals surface area (Å²) in [6.07, 6.45) is 0. The molecule has 0 unspecified atom stereocenters. The van der Waals surface area contributed by atoms with Crippen molar-refractivity contribution < 1.29 is 19.8 Å². The predicted molar refractivity (Wildman–Crippen MR) is 68.0 cm³/mol. The number of carboxylic acids is 1. The lowest BCUT2D eigenvalue weighted by molar-refractivity contribution is -0.140. The molecule has 2 N–H and O–H groups in total. The molecule has 1 aromatic rings. The average molecular weight is 288 g/mol. The maximum Gasteiger partial charge on any atom is 0.327 e. The first kappa shape index (κ1) is 13.0. The first-order valence-corrected chi connectivity index (χ1v) is 6.64. The molecule has 0 aliphatic carbocycles. The van der Waals surface area contributed by atoms with Gasteiger partial charge in [-0.3, -0.25) is 4.79 Å². The number of phenolic OH excluding ortho intramolecular Hbond substituents is 1. The van der Waals surface area contributed by atoms with Crippen LogP contribution in [0.5, 0.6) is 5.75 Å². The third kappa shape index (κ3) is 2.39. The normalized spacial score (nSPS) is 18.9. The lowest BCUT2D eigenvalue weighted by Crippen LogP contribution is -2.41. The summed E-state index contributed by atoms with van der Waals surface area (Å²) in [6, 6.07) is 3.25. The van der Waals surface area contributed by atoms with Crippen molar-refractivity contribution in [3.05, 3.63) is 28.8 Å². The largest absolute Gasteiger partial charge is 0.507 e. The average Bonchev–Trinajstić information content (AvgIpc) is 2.80. The Balaban J connectivity index is 2.31. The molecule has 1 aliphatic rings. The Morgan fingerprint density at radius 3 is 2.83 bits per heavy atom. The van der Waals surface area contributed by atoms with Gasteiger partial charge in [0.2, 0.25) is 0 Å². The van der Waals surface area contributed by atoms with Crippen molar-refractivity contribution in [1.82, 2.24) is 4.90 Å². The van der Waals surface area contributed by atoms with E-state index >= 15 is 0 Å². The Morgan fingerprint density at radius 1 is 1.44 bits per heavy atom. The highest BCUT2D eigenvalue weighted by molar-refractivity contribution is 7.99. The van der Waals surface area contributed by atoms with E-state index in [0.29, 0.717) is 16.7 Å². The molecule has 0 spiro atoms. The smallest absolute Gasteiger partial charge is 0.327 e. The lowest BCUT2D eigenvalue weighted by atomic mass is 10.1. The van der Waals surface area contributed by atoms with Gasteiger partial charge in [0.15, 0.2) is 0 Å². The van der Waals surface area contributed by atoms with Gasteiger partial charge in [0.1, 0.15) is 11.8 Å². The number of hydrogen-bond acceptors (Lipinski definition) is 4. The van der Waals surface area contributed by atoms with Crippen molar-refractivity contribution >= 4 is 35.2 Å². The van der Waals surface area contributed by atoms with Gasteiger partial charge in [-0.2, -0.15) is 0 Å². The predicted octanol–water partition coefficient (Wildman–Crippen LogP) is 1.65. The van der Waals surface area contributed by atoms with Gasteiger partial charge < -0.3 is 15.1 Å². The monoisotopic (exact) mass is 287 g/mol. The second-order valence-electron chi connectivity index (χ2n) is 3.79. The Labute approximate surface area is 112 Å². The van der Waals surface area contributed by atoms with Gasteiger partial charge in [0, 0.05) is 10.8 Å². The molecule has 1 atom stereocenters. The first-order chi connectivity index (χ1) is 8.50. The maximum atomic E-state index is 12.2. The number of carboxylic acid groups (broad SMARTS) is 1. The summed E-state index contributed by atoms with van der Waals surface area (Å²) in [6.45, 7) is 0. The van der Waals surface area contributed by atoms with Crippen LogP contribution in [0.3, 0.4) is 0 Å². The van der Waals surface area contributed by atoms with E-state index in [0.717, 1.165) is 0 Å². The van der Waals surface area contributed by atoms with Crippen LogP contribution in [0.1, 0.15) is 10.4 Å². The van der Waals surface area contributed by atoms with E-state index < -0.39 is 17.9 Å². The number of amides is 1. The van der Waals surface area contributed by atoms with Gasteiger partial charge >= 0.3 is 5.97 Å². The molecule has 0 saturated carbocycles. The van der Waals surface area contributed by atoms with Gasteiger partial charge in [0.05, 0.1) is 11.4 Å². The SMILES string of the molecule is O=C(O)[C@@H]1CSCN1C(=O)c1cc(Cl)ccc1O. The van der Waals surface area contributed by atoms with Crippen molar-refractivity contribution in [1.29, 1.82) is 0 Å². The molecular weight excluding hydrogens is 278 g/mol. The van der Waals surface area contributed by atoms with Crippen molar-refractivity contribution in [2.24, 2.45) is 0 Å². The van der Waals surface area contributed by atoms with Crippen LogP contribution in [-0.4, -0.2) is 44.7 Å². The molecule has 2 rings (SSSR count). The van der Waals surface area contributed by atoms with Crippen LogP contribution in [0.2, 0.25) is 5.02 Å². The highest BCUT2D eigenvalue weighted by Gasteiger charge is 2.35. The van der Waals surface area contributed by atoms with Crippen LogP contribution in [0.15, 0.2) is 18.2 Å². The highest BCUT2D eigenvalue weighted by atomic mass is 35.5. The number of nitrogens with zero attached hydrogens (tertiary/aromatic N) is 1. The molecule has 1 heterocycles. The molecule has 0 bridgehead atoms. The van der Waals surface area contributed by atoms with Gasteiger partial charge in [-0.15, -0.1) is 11.8 Å². The molecule has 18 heavy (non-hydrogen) atoms. The number of aliphatic carboxylic acids is 1. The van der Waals surface area contributed by atoms with Crippen molar-refractivity contribution in [2.75, 3.05) is 11.6 Å². The molecule has 7 heteroatoms. The van der Waals surface area contributed by atoms with Crippen LogP contribution >= 0.6 is 23.4 Å². The number of carbonyl (C=O) groups is 2. The Bertz CT molecular complexity index is 508. The summed E-state index contributed by atoms with van der Waals surface area (Å²) in [7, 11) is 0. The Kier molecular flexibility index (Phi) is 3.68. The summed E-state index contributed by atoms with van der Waals surface area (Å²) in [4.78, 5) is 24.4. The zero-order valence-corrected chi connectivity index (χ0v) is 10.7. The number of thioether (sulfide) groups is 1. The highest BCUT2D eigenvalue weighted by Crippen LogP contribution is 2.28. The number of carbonyl (C=O) groups excluding carboxylic acids is 1.